The van der Waals surface area contributed by atoms with Crippen LogP contribution in [0.25, 0.3) is 0 Å². The number of rotatable bonds is 4. The first-order chi connectivity index (χ1) is 9.90. The standard InChI is InChI=1S/C17H25NO4/c1-16(2,3)13(14(19)20)18-12-9-7-11(8-10-12)15(21)22-17(4,5)6/h7-10,13,18H,1-6H3,(H,19,20)/t13-/m1/s1. The molecule has 1 rings (SSSR count). The zero-order chi connectivity index (χ0) is 17.1. The van der Waals surface area contributed by atoms with E-state index in [4.69, 9.17) is 4.74 Å². The summed E-state index contributed by atoms with van der Waals surface area (Å²) in [6.07, 6.45) is 0. The van der Waals surface area contributed by atoms with Gasteiger partial charge in [0.25, 0.3) is 0 Å². The minimum Gasteiger partial charge on any atom is -0.480 e. The van der Waals surface area contributed by atoms with E-state index in [-0.39, 0.29) is 0 Å². The molecule has 1 aromatic rings. The molecule has 0 amide bonds. The van der Waals surface area contributed by atoms with Crippen molar-refractivity contribution >= 4 is 17.6 Å². The topological polar surface area (TPSA) is 75.6 Å². The van der Waals surface area contributed by atoms with Gasteiger partial charge >= 0.3 is 11.9 Å². The number of aliphatic carboxylic acids is 1. The second kappa shape index (κ2) is 6.38. The van der Waals surface area contributed by atoms with Crippen LogP contribution in [0.1, 0.15) is 51.9 Å². The van der Waals surface area contributed by atoms with Crippen LogP contribution >= 0.6 is 0 Å². The number of esters is 1. The number of carboxylic acid groups (broad SMARTS) is 1. The molecule has 0 aliphatic heterocycles. The van der Waals surface area contributed by atoms with Gasteiger partial charge in [0.2, 0.25) is 0 Å². The predicted octanol–water partition coefficient (Wildman–Crippen LogP) is 3.55. The number of hydrogen-bond donors (Lipinski definition) is 2. The lowest BCUT2D eigenvalue weighted by Crippen LogP contribution is -2.41. The van der Waals surface area contributed by atoms with Gasteiger partial charge < -0.3 is 15.2 Å². The van der Waals surface area contributed by atoms with E-state index in [2.05, 4.69) is 5.32 Å². The molecule has 5 heteroatoms. The molecule has 0 saturated carbocycles. The first kappa shape index (κ1) is 18.0. The maximum Gasteiger partial charge on any atom is 0.338 e. The van der Waals surface area contributed by atoms with Crippen LogP contribution in [0, 0.1) is 5.41 Å². The number of ether oxygens (including phenoxy) is 1. The highest BCUT2D eigenvalue weighted by molar-refractivity contribution is 5.90. The van der Waals surface area contributed by atoms with Gasteiger partial charge in [-0.2, -0.15) is 0 Å². The van der Waals surface area contributed by atoms with Crippen LogP contribution in [-0.4, -0.2) is 28.7 Å². The summed E-state index contributed by atoms with van der Waals surface area (Å²) < 4.78 is 5.28. The van der Waals surface area contributed by atoms with Crippen molar-refractivity contribution in [3.8, 4) is 0 Å². The first-order valence-corrected chi connectivity index (χ1v) is 7.23. The van der Waals surface area contributed by atoms with Gasteiger partial charge in [-0.25, -0.2) is 9.59 Å². The Balaban J connectivity index is 2.85. The molecule has 1 atom stereocenters. The Morgan fingerprint density at radius 3 is 1.91 bits per heavy atom. The van der Waals surface area contributed by atoms with Crippen molar-refractivity contribution < 1.29 is 19.4 Å². The summed E-state index contributed by atoms with van der Waals surface area (Å²) in [5, 5.41) is 12.3. The van der Waals surface area contributed by atoms with Crippen molar-refractivity contribution in [3.05, 3.63) is 29.8 Å². The molecule has 5 nitrogen and oxygen atoms in total. The number of carbonyl (C=O) groups is 2. The Morgan fingerprint density at radius 2 is 1.55 bits per heavy atom. The van der Waals surface area contributed by atoms with Crippen LogP contribution < -0.4 is 5.32 Å². The maximum absolute atomic E-state index is 11.9. The van der Waals surface area contributed by atoms with Gasteiger partial charge in [-0.15, -0.1) is 0 Å². The summed E-state index contributed by atoms with van der Waals surface area (Å²) >= 11 is 0. The van der Waals surface area contributed by atoms with Crippen molar-refractivity contribution in [3.63, 3.8) is 0 Å². The molecular weight excluding hydrogens is 282 g/mol. The fraction of sp³-hybridized carbons (Fsp3) is 0.529. The number of hydrogen-bond acceptors (Lipinski definition) is 4. The summed E-state index contributed by atoms with van der Waals surface area (Å²) in [6, 6.07) is 5.89. The van der Waals surface area contributed by atoms with Crippen LogP contribution in [0.15, 0.2) is 24.3 Å². The second-order valence-electron chi connectivity index (χ2n) is 7.36. The highest BCUT2D eigenvalue weighted by Crippen LogP contribution is 2.24. The lowest BCUT2D eigenvalue weighted by Gasteiger charge is -2.28. The third-order valence-corrected chi connectivity index (χ3v) is 2.94. The van der Waals surface area contributed by atoms with E-state index >= 15 is 0 Å². The molecule has 0 radical (unpaired) electrons. The van der Waals surface area contributed by atoms with E-state index in [1.54, 1.807) is 24.3 Å². The SMILES string of the molecule is CC(C)(C)OC(=O)c1ccc(N[C@H](C(=O)O)C(C)(C)C)cc1. The van der Waals surface area contributed by atoms with E-state index in [0.717, 1.165) is 0 Å². The van der Waals surface area contributed by atoms with Gasteiger partial charge in [-0.05, 0) is 50.5 Å². The quantitative estimate of drug-likeness (QED) is 0.832. The Morgan fingerprint density at radius 1 is 1.05 bits per heavy atom. The van der Waals surface area contributed by atoms with Gasteiger partial charge in [0.1, 0.15) is 11.6 Å². The lowest BCUT2D eigenvalue weighted by atomic mass is 9.86. The molecule has 0 aliphatic carbocycles. The molecular formula is C17H25NO4. The second-order valence-corrected chi connectivity index (χ2v) is 7.36. The lowest BCUT2D eigenvalue weighted by molar-refractivity contribution is -0.140. The van der Waals surface area contributed by atoms with Crippen LogP contribution in [-0.2, 0) is 9.53 Å². The van der Waals surface area contributed by atoms with Crippen molar-refractivity contribution in [1.82, 2.24) is 0 Å². The largest absolute Gasteiger partial charge is 0.480 e. The van der Waals surface area contributed by atoms with Gasteiger partial charge in [0.15, 0.2) is 0 Å². The molecule has 0 bridgehead atoms. The molecule has 0 aromatic heterocycles. The zero-order valence-electron chi connectivity index (χ0n) is 14.1. The van der Waals surface area contributed by atoms with Crippen molar-refractivity contribution in [2.45, 2.75) is 53.2 Å². The predicted molar refractivity (Wildman–Crippen MR) is 86.1 cm³/mol. The van der Waals surface area contributed by atoms with Gasteiger partial charge in [-0.3, -0.25) is 0 Å². The highest BCUT2D eigenvalue weighted by Gasteiger charge is 2.31. The number of carbonyl (C=O) groups excluding carboxylic acids is 1. The summed E-state index contributed by atoms with van der Waals surface area (Å²) in [6.45, 7) is 11.0. The summed E-state index contributed by atoms with van der Waals surface area (Å²) in [4.78, 5) is 23.3. The molecule has 122 valence electrons. The van der Waals surface area contributed by atoms with Crippen molar-refractivity contribution in [2.24, 2.45) is 5.41 Å². The smallest absolute Gasteiger partial charge is 0.338 e. The average Bonchev–Trinajstić information content (AvgIpc) is 2.32. The molecule has 0 unspecified atom stereocenters. The van der Waals surface area contributed by atoms with E-state index in [0.29, 0.717) is 11.3 Å². The zero-order valence-corrected chi connectivity index (χ0v) is 14.1. The fourth-order valence-electron chi connectivity index (χ4n) is 1.85. The van der Waals surface area contributed by atoms with E-state index in [1.807, 2.05) is 41.5 Å². The molecule has 0 aliphatic rings. The van der Waals surface area contributed by atoms with Crippen molar-refractivity contribution in [1.29, 1.82) is 0 Å². The van der Waals surface area contributed by atoms with Crippen LogP contribution in [0.3, 0.4) is 0 Å². The Hall–Kier alpha value is -2.04. The van der Waals surface area contributed by atoms with Gasteiger partial charge in [0, 0.05) is 5.69 Å². The third-order valence-electron chi connectivity index (χ3n) is 2.94. The monoisotopic (exact) mass is 307 g/mol. The van der Waals surface area contributed by atoms with Crippen LogP contribution in [0.2, 0.25) is 0 Å². The molecule has 0 heterocycles. The molecule has 1 aromatic carbocycles. The van der Waals surface area contributed by atoms with Crippen molar-refractivity contribution in [2.75, 3.05) is 5.32 Å². The molecule has 22 heavy (non-hydrogen) atoms. The molecule has 0 fully saturated rings. The van der Waals surface area contributed by atoms with Gasteiger partial charge in [-0.1, -0.05) is 20.8 Å². The summed E-state index contributed by atoms with van der Waals surface area (Å²) in [5.74, 6) is -1.31. The average molecular weight is 307 g/mol. The normalized spacial score (nSPS) is 13.4. The Labute approximate surface area is 131 Å². The van der Waals surface area contributed by atoms with Gasteiger partial charge in [0.05, 0.1) is 5.56 Å². The molecule has 0 saturated heterocycles. The fourth-order valence-corrected chi connectivity index (χ4v) is 1.85. The Kier molecular flexibility index (Phi) is 5.22. The minimum absolute atomic E-state index is 0.398. The maximum atomic E-state index is 11.9. The molecule has 2 N–H and O–H groups in total. The number of carboxylic acids is 1. The highest BCUT2D eigenvalue weighted by atomic mass is 16.6. The van der Waals surface area contributed by atoms with Crippen LogP contribution in [0.4, 0.5) is 5.69 Å². The minimum atomic E-state index is -0.913. The number of benzene rings is 1. The number of anilines is 1. The number of nitrogens with one attached hydrogen (secondary N) is 1. The van der Waals surface area contributed by atoms with E-state index in [1.165, 1.54) is 0 Å². The Bertz CT molecular complexity index is 535. The summed E-state index contributed by atoms with van der Waals surface area (Å²) in [5.41, 5.74) is 0.0994. The summed E-state index contributed by atoms with van der Waals surface area (Å²) in [7, 11) is 0. The van der Waals surface area contributed by atoms with Crippen LogP contribution in [0.5, 0.6) is 0 Å². The molecule has 0 spiro atoms. The third kappa shape index (κ3) is 5.39. The van der Waals surface area contributed by atoms with E-state index < -0.39 is 29.0 Å². The first-order valence-electron chi connectivity index (χ1n) is 7.23. The van der Waals surface area contributed by atoms with E-state index in [9.17, 15) is 14.7 Å².